The van der Waals surface area contributed by atoms with Crippen LogP contribution in [0.5, 0.6) is 0 Å². The van der Waals surface area contributed by atoms with Gasteiger partial charge in [0.2, 0.25) is 0 Å². The summed E-state index contributed by atoms with van der Waals surface area (Å²) in [5.74, 6) is 0.813. The summed E-state index contributed by atoms with van der Waals surface area (Å²) in [6.07, 6.45) is 3.21. The second-order valence-electron chi connectivity index (χ2n) is 6.04. The van der Waals surface area contributed by atoms with E-state index in [-0.39, 0.29) is 0 Å². The third kappa shape index (κ3) is 4.92. The Morgan fingerprint density at radius 3 is 2.38 bits per heavy atom. The normalized spacial score (nSPS) is 11.4. The number of nitrogens with one attached hydrogen (secondary N) is 2. The average Bonchev–Trinajstić information content (AvgIpc) is 3.20. The summed E-state index contributed by atoms with van der Waals surface area (Å²) in [4.78, 5) is 8.63. The van der Waals surface area contributed by atoms with E-state index in [0.717, 1.165) is 30.3 Å². The number of hydrogen-bond donors (Lipinski definition) is 2. The van der Waals surface area contributed by atoms with Crippen LogP contribution < -0.4 is 10.6 Å². The van der Waals surface area contributed by atoms with E-state index < -0.39 is 0 Å². The smallest absolute Gasteiger partial charge is 0.191 e. The van der Waals surface area contributed by atoms with E-state index in [1.54, 1.807) is 11.0 Å². The fourth-order valence-electron chi connectivity index (χ4n) is 2.50. The molecule has 26 heavy (non-hydrogen) atoms. The van der Waals surface area contributed by atoms with E-state index in [2.05, 4.69) is 76.0 Å². The molecule has 0 unspecified atom stereocenters. The third-order valence-corrected chi connectivity index (χ3v) is 3.96. The van der Waals surface area contributed by atoms with Crippen molar-refractivity contribution in [2.45, 2.75) is 26.9 Å². The molecule has 0 amide bonds. The van der Waals surface area contributed by atoms with Crippen molar-refractivity contribution in [3.05, 3.63) is 77.9 Å². The fourth-order valence-corrected chi connectivity index (χ4v) is 2.50. The first-order valence-corrected chi connectivity index (χ1v) is 8.76. The molecule has 6 nitrogen and oxygen atoms in total. The molecule has 0 bridgehead atoms. The Labute approximate surface area is 154 Å². The van der Waals surface area contributed by atoms with Gasteiger partial charge in [-0.25, -0.2) is 14.7 Å². The van der Waals surface area contributed by atoms with E-state index in [0.29, 0.717) is 6.54 Å². The Morgan fingerprint density at radius 2 is 1.73 bits per heavy atom. The van der Waals surface area contributed by atoms with Gasteiger partial charge in [-0.1, -0.05) is 42.0 Å². The molecule has 0 aliphatic heterocycles. The van der Waals surface area contributed by atoms with E-state index >= 15 is 0 Å². The monoisotopic (exact) mass is 348 g/mol. The van der Waals surface area contributed by atoms with Gasteiger partial charge in [0.1, 0.15) is 12.7 Å². The van der Waals surface area contributed by atoms with Crippen LogP contribution in [0.1, 0.15) is 23.6 Å². The molecule has 6 heteroatoms. The van der Waals surface area contributed by atoms with Gasteiger partial charge < -0.3 is 10.6 Å². The maximum atomic E-state index is 4.67. The molecule has 0 saturated heterocycles. The molecule has 0 aliphatic rings. The molecule has 2 N–H and O–H groups in total. The minimum absolute atomic E-state index is 0.612. The van der Waals surface area contributed by atoms with Crippen molar-refractivity contribution in [3.8, 4) is 5.69 Å². The quantitative estimate of drug-likeness (QED) is 0.531. The second-order valence-corrected chi connectivity index (χ2v) is 6.04. The Balaban J connectivity index is 1.60. The van der Waals surface area contributed by atoms with Crippen LogP contribution in [0.2, 0.25) is 0 Å². The van der Waals surface area contributed by atoms with Gasteiger partial charge in [0.15, 0.2) is 5.96 Å². The zero-order valence-electron chi connectivity index (χ0n) is 15.2. The number of hydrogen-bond acceptors (Lipinski definition) is 3. The number of nitrogens with zero attached hydrogens (tertiary/aromatic N) is 4. The molecule has 0 saturated carbocycles. The molecule has 0 aliphatic carbocycles. The van der Waals surface area contributed by atoms with Crippen LogP contribution in [0.3, 0.4) is 0 Å². The van der Waals surface area contributed by atoms with Crippen molar-refractivity contribution < 1.29 is 0 Å². The highest BCUT2D eigenvalue weighted by Gasteiger charge is 2.00. The zero-order chi connectivity index (χ0) is 18.2. The van der Waals surface area contributed by atoms with Crippen LogP contribution in [-0.4, -0.2) is 27.3 Å². The molecule has 2 aromatic carbocycles. The highest BCUT2D eigenvalue weighted by Crippen LogP contribution is 2.09. The lowest BCUT2D eigenvalue weighted by atomic mass is 10.1. The summed E-state index contributed by atoms with van der Waals surface area (Å²) in [5.41, 5.74) is 4.63. The van der Waals surface area contributed by atoms with Crippen LogP contribution in [0, 0.1) is 6.92 Å². The number of aliphatic imine (C=N–C) groups is 1. The predicted molar refractivity (Wildman–Crippen MR) is 104 cm³/mol. The number of guanidine groups is 1. The molecule has 0 atom stereocenters. The van der Waals surface area contributed by atoms with Gasteiger partial charge in [-0.15, -0.1) is 0 Å². The largest absolute Gasteiger partial charge is 0.357 e. The van der Waals surface area contributed by atoms with Crippen LogP contribution in [-0.2, 0) is 13.1 Å². The van der Waals surface area contributed by atoms with Crippen LogP contribution in [0.4, 0.5) is 0 Å². The Morgan fingerprint density at radius 1 is 1.00 bits per heavy atom. The summed E-state index contributed by atoms with van der Waals surface area (Å²) in [5, 5.41) is 10.8. The van der Waals surface area contributed by atoms with Gasteiger partial charge in [0.25, 0.3) is 0 Å². The van der Waals surface area contributed by atoms with Crippen LogP contribution in [0.25, 0.3) is 5.69 Å². The van der Waals surface area contributed by atoms with Gasteiger partial charge in [-0.2, -0.15) is 5.10 Å². The van der Waals surface area contributed by atoms with Crippen LogP contribution >= 0.6 is 0 Å². The van der Waals surface area contributed by atoms with Gasteiger partial charge >= 0.3 is 0 Å². The number of aryl methyl sites for hydroxylation is 1. The molecule has 0 radical (unpaired) electrons. The molecular formula is C20H24N6. The summed E-state index contributed by atoms with van der Waals surface area (Å²) in [7, 11) is 0. The topological polar surface area (TPSA) is 67.1 Å². The minimum Gasteiger partial charge on any atom is -0.357 e. The third-order valence-electron chi connectivity index (χ3n) is 3.96. The molecule has 1 aromatic heterocycles. The van der Waals surface area contributed by atoms with Gasteiger partial charge in [0.05, 0.1) is 12.2 Å². The van der Waals surface area contributed by atoms with E-state index in [9.17, 15) is 0 Å². The maximum Gasteiger partial charge on any atom is 0.191 e. The second kappa shape index (κ2) is 8.80. The molecule has 1 heterocycles. The summed E-state index contributed by atoms with van der Waals surface area (Å²) in [6, 6.07) is 16.7. The van der Waals surface area contributed by atoms with Crippen molar-refractivity contribution >= 4 is 5.96 Å². The fraction of sp³-hybridized carbons (Fsp3) is 0.250. The molecular weight excluding hydrogens is 324 g/mol. The van der Waals surface area contributed by atoms with Crippen molar-refractivity contribution in [1.29, 1.82) is 0 Å². The maximum absolute atomic E-state index is 4.67. The molecule has 0 spiro atoms. The average molecular weight is 348 g/mol. The van der Waals surface area contributed by atoms with Crippen LogP contribution in [0.15, 0.2) is 66.2 Å². The Hall–Kier alpha value is -3.15. The van der Waals surface area contributed by atoms with Gasteiger partial charge in [0, 0.05) is 13.1 Å². The summed E-state index contributed by atoms with van der Waals surface area (Å²) < 4.78 is 1.74. The lowest BCUT2D eigenvalue weighted by Crippen LogP contribution is -2.36. The van der Waals surface area contributed by atoms with E-state index in [4.69, 9.17) is 0 Å². The summed E-state index contributed by atoms with van der Waals surface area (Å²) >= 11 is 0. The molecule has 3 rings (SSSR count). The first-order valence-electron chi connectivity index (χ1n) is 8.76. The number of benzene rings is 2. The predicted octanol–water partition coefficient (Wildman–Crippen LogP) is 2.83. The lowest BCUT2D eigenvalue weighted by Gasteiger charge is -2.11. The summed E-state index contributed by atoms with van der Waals surface area (Å²) in [6.45, 7) is 6.34. The Kier molecular flexibility index (Phi) is 5.98. The van der Waals surface area contributed by atoms with E-state index in [1.807, 2.05) is 12.1 Å². The first-order chi connectivity index (χ1) is 12.7. The standard InChI is InChI=1S/C20H24N6/c1-3-22-20(23-12-17-6-4-16(2)5-7-17)24-13-18-8-10-19(11-9-18)26-15-21-14-25-26/h4-11,14-15H,3,12-13H2,1-2H3,(H2,22,23,24). The molecule has 134 valence electrons. The number of rotatable bonds is 6. The van der Waals surface area contributed by atoms with Crippen molar-refractivity contribution in [1.82, 2.24) is 25.4 Å². The Bertz CT molecular complexity index is 820. The highest BCUT2D eigenvalue weighted by atomic mass is 15.3. The van der Waals surface area contributed by atoms with Crippen molar-refractivity contribution in [2.75, 3.05) is 6.54 Å². The molecule has 0 fully saturated rings. The lowest BCUT2D eigenvalue weighted by molar-refractivity contribution is 0.815. The first kappa shape index (κ1) is 17.7. The highest BCUT2D eigenvalue weighted by molar-refractivity contribution is 5.79. The minimum atomic E-state index is 0.612. The van der Waals surface area contributed by atoms with Crippen molar-refractivity contribution in [2.24, 2.45) is 4.99 Å². The SMILES string of the molecule is CCNC(=NCc1ccc(-n2cncn2)cc1)NCc1ccc(C)cc1. The molecule has 3 aromatic rings. The van der Waals surface area contributed by atoms with E-state index in [1.165, 1.54) is 17.5 Å². The van der Waals surface area contributed by atoms with Crippen molar-refractivity contribution in [3.63, 3.8) is 0 Å². The van der Waals surface area contributed by atoms with Gasteiger partial charge in [-0.05, 0) is 37.1 Å². The zero-order valence-corrected chi connectivity index (χ0v) is 15.2. The van der Waals surface area contributed by atoms with Gasteiger partial charge in [-0.3, -0.25) is 0 Å². The number of aromatic nitrogens is 3.